The predicted octanol–water partition coefficient (Wildman–Crippen LogP) is 0.403. The van der Waals surface area contributed by atoms with E-state index < -0.39 is 26.6 Å². The molecule has 1 aromatic carbocycles. The van der Waals surface area contributed by atoms with Crippen LogP contribution in [0.25, 0.3) is 0 Å². The number of ether oxygens (including phenoxy) is 1. The molecule has 9 heteroatoms. The first kappa shape index (κ1) is 17.8. The van der Waals surface area contributed by atoms with Gasteiger partial charge in [-0.1, -0.05) is 0 Å². The number of sulfonamides is 1. The van der Waals surface area contributed by atoms with Crippen molar-refractivity contribution in [3.8, 4) is 0 Å². The Morgan fingerprint density at radius 1 is 1.24 bits per heavy atom. The molecule has 0 aliphatic heterocycles. The lowest BCUT2D eigenvalue weighted by Crippen LogP contribution is -2.30. The van der Waals surface area contributed by atoms with Crippen molar-refractivity contribution in [2.24, 2.45) is 0 Å². The molecule has 0 fully saturated rings. The minimum absolute atomic E-state index is 0.0843. The molecule has 0 atom stereocenters. The molecule has 0 saturated carbocycles. The number of likely N-dealkylation sites (N-methyl/N-ethyl adjacent to an activating group) is 1. The van der Waals surface area contributed by atoms with Crippen molar-refractivity contribution in [1.29, 1.82) is 0 Å². The number of nitrogens with two attached hydrogens (primary N) is 1. The van der Waals surface area contributed by atoms with Crippen LogP contribution in [0.5, 0.6) is 0 Å². The van der Waals surface area contributed by atoms with E-state index in [1.807, 2.05) is 19.0 Å². The van der Waals surface area contributed by atoms with Gasteiger partial charge in [0.25, 0.3) is 0 Å². The van der Waals surface area contributed by atoms with Crippen LogP contribution < -0.4 is 10.5 Å². The van der Waals surface area contributed by atoms with Gasteiger partial charge in [0, 0.05) is 18.8 Å². The Labute approximate surface area is 122 Å². The molecule has 0 saturated heterocycles. The van der Waals surface area contributed by atoms with Crippen LogP contribution in [0.2, 0.25) is 0 Å². The van der Waals surface area contributed by atoms with E-state index in [0.29, 0.717) is 13.2 Å². The van der Waals surface area contributed by atoms with Crippen molar-refractivity contribution in [3.63, 3.8) is 0 Å². The Bertz CT molecular complexity index is 556. The van der Waals surface area contributed by atoms with Crippen LogP contribution >= 0.6 is 0 Å². The van der Waals surface area contributed by atoms with Gasteiger partial charge in [-0.3, -0.25) is 0 Å². The van der Waals surface area contributed by atoms with Crippen LogP contribution in [-0.2, 0) is 14.8 Å². The van der Waals surface area contributed by atoms with Crippen molar-refractivity contribution in [3.05, 3.63) is 23.8 Å². The summed E-state index contributed by atoms with van der Waals surface area (Å²) in [5.41, 5.74) is 5.05. The second kappa shape index (κ2) is 7.64. The molecule has 1 aromatic rings. The van der Waals surface area contributed by atoms with Crippen LogP contribution in [0, 0.1) is 11.6 Å². The summed E-state index contributed by atoms with van der Waals surface area (Å²) in [6, 6.07) is 1.51. The average Bonchev–Trinajstić information content (AvgIpc) is 2.31. The van der Waals surface area contributed by atoms with Gasteiger partial charge >= 0.3 is 0 Å². The lowest BCUT2D eigenvalue weighted by Gasteiger charge is -2.11. The van der Waals surface area contributed by atoms with E-state index in [2.05, 4.69) is 4.72 Å². The maximum Gasteiger partial charge on any atom is 0.246 e. The SMILES string of the molecule is CN(C)CCOCCNS(=O)(=O)c1c(F)cc(N)cc1F. The summed E-state index contributed by atoms with van der Waals surface area (Å²) < 4.78 is 58.0. The van der Waals surface area contributed by atoms with Crippen molar-refractivity contribution in [1.82, 2.24) is 9.62 Å². The van der Waals surface area contributed by atoms with E-state index in [-0.39, 0.29) is 18.8 Å². The van der Waals surface area contributed by atoms with Crippen LogP contribution in [0.3, 0.4) is 0 Å². The standard InChI is InChI=1S/C12H19F2N3O3S/c1-17(2)4-6-20-5-3-16-21(18,19)12-10(13)7-9(15)8-11(12)14/h7-8,16H,3-6,15H2,1-2H3. The molecular weight excluding hydrogens is 304 g/mol. The molecule has 0 aliphatic carbocycles. The molecule has 0 bridgehead atoms. The molecule has 120 valence electrons. The fourth-order valence-corrected chi connectivity index (χ4v) is 2.63. The fraction of sp³-hybridized carbons (Fsp3) is 0.500. The monoisotopic (exact) mass is 323 g/mol. The lowest BCUT2D eigenvalue weighted by atomic mass is 10.3. The van der Waals surface area contributed by atoms with Gasteiger partial charge in [0.1, 0.15) is 11.6 Å². The largest absolute Gasteiger partial charge is 0.399 e. The predicted molar refractivity (Wildman–Crippen MR) is 75.3 cm³/mol. The zero-order chi connectivity index (χ0) is 16.0. The van der Waals surface area contributed by atoms with E-state index in [0.717, 1.165) is 12.1 Å². The number of nitrogens with one attached hydrogen (secondary N) is 1. The molecule has 1 rings (SSSR count). The van der Waals surface area contributed by atoms with E-state index in [9.17, 15) is 17.2 Å². The number of halogens is 2. The molecule has 0 aliphatic rings. The first-order valence-corrected chi connectivity index (χ1v) is 7.69. The van der Waals surface area contributed by atoms with E-state index >= 15 is 0 Å². The van der Waals surface area contributed by atoms with Gasteiger partial charge in [-0.15, -0.1) is 0 Å². The molecule has 3 N–H and O–H groups in total. The Morgan fingerprint density at radius 2 is 1.81 bits per heavy atom. The van der Waals surface area contributed by atoms with Crippen molar-refractivity contribution >= 4 is 15.7 Å². The number of hydrogen-bond donors (Lipinski definition) is 2. The maximum atomic E-state index is 13.5. The zero-order valence-electron chi connectivity index (χ0n) is 11.9. The van der Waals surface area contributed by atoms with Crippen LogP contribution in [0.15, 0.2) is 17.0 Å². The van der Waals surface area contributed by atoms with Crippen LogP contribution in [0.1, 0.15) is 0 Å². The highest BCUT2D eigenvalue weighted by molar-refractivity contribution is 7.89. The second-order valence-corrected chi connectivity index (χ2v) is 6.33. The third-order valence-electron chi connectivity index (χ3n) is 2.51. The summed E-state index contributed by atoms with van der Waals surface area (Å²) >= 11 is 0. The summed E-state index contributed by atoms with van der Waals surface area (Å²) in [6.07, 6.45) is 0. The first-order valence-electron chi connectivity index (χ1n) is 6.20. The molecule has 6 nitrogen and oxygen atoms in total. The average molecular weight is 323 g/mol. The summed E-state index contributed by atoms with van der Waals surface area (Å²) in [5, 5.41) is 0. The van der Waals surface area contributed by atoms with Gasteiger partial charge in [0.2, 0.25) is 10.0 Å². The highest BCUT2D eigenvalue weighted by atomic mass is 32.2. The number of hydrogen-bond acceptors (Lipinski definition) is 5. The molecular formula is C12H19F2N3O3S. The van der Waals surface area contributed by atoms with E-state index in [1.54, 1.807) is 0 Å². The summed E-state index contributed by atoms with van der Waals surface area (Å²) in [6.45, 7) is 1.14. The number of rotatable bonds is 8. The Morgan fingerprint density at radius 3 is 2.33 bits per heavy atom. The van der Waals surface area contributed by atoms with Crippen LogP contribution in [0.4, 0.5) is 14.5 Å². The number of benzene rings is 1. The highest BCUT2D eigenvalue weighted by Gasteiger charge is 2.24. The van der Waals surface area contributed by atoms with Crippen molar-refractivity contribution in [2.75, 3.05) is 46.1 Å². The van der Waals surface area contributed by atoms with Gasteiger partial charge in [0.15, 0.2) is 4.90 Å². The van der Waals surface area contributed by atoms with Crippen molar-refractivity contribution in [2.45, 2.75) is 4.90 Å². The number of nitrogen functional groups attached to an aromatic ring is 1. The Hall–Kier alpha value is -1.29. The summed E-state index contributed by atoms with van der Waals surface area (Å²) in [5.74, 6) is -2.46. The quantitative estimate of drug-likeness (QED) is 0.534. The third-order valence-corrected chi connectivity index (χ3v) is 4.02. The minimum atomic E-state index is -4.29. The maximum absolute atomic E-state index is 13.5. The summed E-state index contributed by atoms with van der Waals surface area (Å²) in [7, 11) is -0.540. The van der Waals surface area contributed by atoms with Crippen molar-refractivity contribution < 1.29 is 21.9 Å². The van der Waals surface area contributed by atoms with Gasteiger partial charge in [-0.2, -0.15) is 0 Å². The van der Waals surface area contributed by atoms with Gasteiger partial charge in [-0.05, 0) is 26.2 Å². The van der Waals surface area contributed by atoms with Gasteiger partial charge in [-0.25, -0.2) is 21.9 Å². The molecule has 0 amide bonds. The zero-order valence-corrected chi connectivity index (χ0v) is 12.7. The molecule has 0 heterocycles. The van der Waals surface area contributed by atoms with E-state index in [1.165, 1.54) is 0 Å². The molecule has 21 heavy (non-hydrogen) atoms. The first-order chi connectivity index (χ1) is 9.74. The fourth-order valence-electron chi connectivity index (χ4n) is 1.51. The number of nitrogens with zero attached hydrogens (tertiary/aromatic N) is 1. The van der Waals surface area contributed by atoms with Gasteiger partial charge in [0.05, 0.1) is 13.2 Å². The minimum Gasteiger partial charge on any atom is -0.399 e. The van der Waals surface area contributed by atoms with E-state index in [4.69, 9.17) is 10.5 Å². The molecule has 0 aromatic heterocycles. The molecule has 0 radical (unpaired) electrons. The topological polar surface area (TPSA) is 84.7 Å². The summed E-state index contributed by atoms with van der Waals surface area (Å²) in [4.78, 5) is 0.869. The molecule has 0 spiro atoms. The Balaban J connectivity index is 2.59. The highest BCUT2D eigenvalue weighted by Crippen LogP contribution is 2.21. The van der Waals surface area contributed by atoms with Gasteiger partial charge < -0.3 is 15.4 Å². The third kappa shape index (κ3) is 5.54. The smallest absolute Gasteiger partial charge is 0.246 e. The second-order valence-electron chi connectivity index (χ2n) is 4.63. The van der Waals surface area contributed by atoms with Crippen LogP contribution in [-0.4, -0.2) is 53.7 Å². The number of anilines is 1. The normalized spacial score (nSPS) is 12.0. The Kier molecular flexibility index (Phi) is 6.46. The lowest BCUT2D eigenvalue weighted by molar-refractivity contribution is 0.122. The molecule has 0 unspecified atom stereocenters.